The van der Waals surface area contributed by atoms with Crippen molar-refractivity contribution in [2.24, 2.45) is 0 Å². The van der Waals surface area contributed by atoms with Crippen LogP contribution in [0.1, 0.15) is 22.4 Å². The number of nitrogens with zero attached hydrogens (tertiary/aromatic N) is 2. The molecule has 1 aromatic heterocycles. The number of anilines is 1. The largest absolute Gasteiger partial charge is 0.461 e. The van der Waals surface area contributed by atoms with E-state index in [0.29, 0.717) is 24.5 Å². The Hall–Kier alpha value is -1.35. The molecule has 1 saturated heterocycles. The number of ether oxygens (including phenoxy) is 2. The Labute approximate surface area is 110 Å². The van der Waals surface area contributed by atoms with Crippen LogP contribution in [0.25, 0.3) is 0 Å². The molecule has 0 atom stereocenters. The van der Waals surface area contributed by atoms with Crippen LogP contribution in [0.2, 0.25) is 0 Å². The third-order valence-electron chi connectivity index (χ3n) is 2.36. The number of thiazole rings is 1. The molecule has 1 fully saturated rings. The first-order valence-electron chi connectivity index (χ1n) is 5.51. The van der Waals surface area contributed by atoms with Gasteiger partial charge in [-0.3, -0.25) is 0 Å². The van der Waals surface area contributed by atoms with Crippen LogP contribution in [0.3, 0.4) is 0 Å². The molecule has 0 bridgehead atoms. The highest BCUT2D eigenvalue weighted by Gasteiger charge is 2.38. The number of rotatable bonds is 3. The predicted octanol–water partition coefficient (Wildman–Crippen LogP) is 2.13. The van der Waals surface area contributed by atoms with E-state index in [1.54, 1.807) is 11.8 Å². The molecule has 19 heavy (non-hydrogen) atoms. The molecule has 0 spiro atoms. The molecule has 5 nitrogen and oxygen atoms in total. The maximum atomic E-state index is 12.7. The van der Waals surface area contributed by atoms with Crippen LogP contribution in [-0.4, -0.2) is 37.4 Å². The van der Waals surface area contributed by atoms with Crippen LogP contribution in [0.15, 0.2) is 0 Å². The number of esters is 1. The van der Waals surface area contributed by atoms with Gasteiger partial charge in [-0.05, 0) is 6.92 Å². The van der Waals surface area contributed by atoms with Gasteiger partial charge in [0.15, 0.2) is 5.69 Å². The smallest absolute Gasteiger partial charge is 0.443 e. The Kier molecular flexibility index (Phi) is 3.95. The van der Waals surface area contributed by atoms with Crippen LogP contribution >= 0.6 is 11.3 Å². The fourth-order valence-corrected chi connectivity index (χ4v) is 2.49. The molecule has 0 amide bonds. The van der Waals surface area contributed by atoms with Crippen molar-refractivity contribution < 1.29 is 27.4 Å². The van der Waals surface area contributed by atoms with E-state index < -0.39 is 17.2 Å². The van der Waals surface area contributed by atoms with Gasteiger partial charge in [0.05, 0.1) is 13.2 Å². The lowest BCUT2D eigenvalue weighted by Crippen LogP contribution is -2.20. The van der Waals surface area contributed by atoms with Crippen molar-refractivity contribution in [3.63, 3.8) is 0 Å². The van der Waals surface area contributed by atoms with Gasteiger partial charge in [-0.2, -0.15) is 13.2 Å². The maximum absolute atomic E-state index is 12.7. The summed E-state index contributed by atoms with van der Waals surface area (Å²) in [7, 11) is 0. The van der Waals surface area contributed by atoms with E-state index >= 15 is 0 Å². The van der Waals surface area contributed by atoms with Crippen molar-refractivity contribution in [1.82, 2.24) is 4.98 Å². The van der Waals surface area contributed by atoms with E-state index in [2.05, 4.69) is 4.98 Å². The summed E-state index contributed by atoms with van der Waals surface area (Å²) in [4.78, 5) is 16.6. The molecule has 1 aliphatic rings. The van der Waals surface area contributed by atoms with Crippen molar-refractivity contribution in [2.45, 2.75) is 13.1 Å². The van der Waals surface area contributed by atoms with E-state index in [1.807, 2.05) is 0 Å². The maximum Gasteiger partial charge on any atom is 0.443 e. The van der Waals surface area contributed by atoms with Gasteiger partial charge < -0.3 is 14.4 Å². The monoisotopic (exact) mass is 296 g/mol. The third kappa shape index (κ3) is 2.98. The Morgan fingerprint density at radius 1 is 1.58 bits per heavy atom. The van der Waals surface area contributed by atoms with Crippen molar-refractivity contribution >= 4 is 22.3 Å². The van der Waals surface area contributed by atoms with Gasteiger partial charge in [0.25, 0.3) is 0 Å². The molecular formula is C10H11F3N2O3S. The molecule has 0 saturated carbocycles. The summed E-state index contributed by atoms with van der Waals surface area (Å²) < 4.78 is 47.8. The number of carbonyl (C=O) groups excluding carboxylic acids is 1. The Balaban J connectivity index is 2.37. The minimum absolute atomic E-state index is 0.0770. The number of alkyl halides is 3. The number of carbonyl (C=O) groups is 1. The molecule has 1 aliphatic heterocycles. The first-order chi connectivity index (χ1) is 8.93. The molecule has 1 aromatic rings. The molecule has 9 heteroatoms. The lowest BCUT2D eigenvalue weighted by Gasteiger charge is -2.13. The molecule has 0 radical (unpaired) electrons. The number of aromatic nitrogens is 1. The average Bonchev–Trinajstić information content (AvgIpc) is 2.97. The van der Waals surface area contributed by atoms with Crippen molar-refractivity contribution in [1.29, 1.82) is 0 Å². The first-order valence-corrected chi connectivity index (χ1v) is 6.33. The van der Waals surface area contributed by atoms with Crippen LogP contribution in [0, 0.1) is 0 Å². The summed E-state index contributed by atoms with van der Waals surface area (Å²) in [6.45, 7) is 2.63. The van der Waals surface area contributed by atoms with E-state index in [0.717, 1.165) is 0 Å². The van der Waals surface area contributed by atoms with Gasteiger partial charge in [-0.1, -0.05) is 11.3 Å². The molecule has 0 unspecified atom stereocenters. The molecule has 0 N–H and O–H groups in total. The van der Waals surface area contributed by atoms with Crippen molar-refractivity contribution in [3.05, 3.63) is 10.7 Å². The highest BCUT2D eigenvalue weighted by molar-refractivity contribution is 7.16. The van der Waals surface area contributed by atoms with Crippen LogP contribution < -0.4 is 4.90 Å². The summed E-state index contributed by atoms with van der Waals surface area (Å²) in [5.41, 5.74) is -0.301. The van der Waals surface area contributed by atoms with Gasteiger partial charge >= 0.3 is 12.1 Å². The van der Waals surface area contributed by atoms with E-state index in [1.165, 1.54) is 0 Å². The van der Waals surface area contributed by atoms with Gasteiger partial charge in [0, 0.05) is 6.54 Å². The number of hydrogen-bond donors (Lipinski definition) is 0. The zero-order valence-electron chi connectivity index (χ0n) is 9.99. The summed E-state index contributed by atoms with van der Waals surface area (Å²) in [6.07, 6.45) is -4.58. The molecule has 0 aliphatic carbocycles. The average molecular weight is 296 g/mol. The zero-order chi connectivity index (χ0) is 14.0. The minimum Gasteiger partial charge on any atom is -0.461 e. The topological polar surface area (TPSA) is 51.7 Å². The summed E-state index contributed by atoms with van der Waals surface area (Å²) >= 11 is 0.427. The standard InChI is InChI=1S/C10H11F3N2O3S/c1-2-18-8(16)6-7(15-3-4-17-5-15)19-9(14-6)10(11,12)13/h2-5H2,1H3. The predicted molar refractivity (Wildman–Crippen MR) is 61.2 cm³/mol. The van der Waals surface area contributed by atoms with Crippen LogP contribution in [0.5, 0.6) is 0 Å². The van der Waals surface area contributed by atoms with E-state index in [-0.39, 0.29) is 24.0 Å². The quantitative estimate of drug-likeness (QED) is 0.800. The number of hydrogen-bond acceptors (Lipinski definition) is 6. The first kappa shape index (κ1) is 14.1. The Morgan fingerprint density at radius 2 is 2.32 bits per heavy atom. The van der Waals surface area contributed by atoms with Crippen LogP contribution in [-0.2, 0) is 15.7 Å². The molecule has 2 rings (SSSR count). The minimum atomic E-state index is -4.58. The lowest BCUT2D eigenvalue weighted by molar-refractivity contribution is -0.137. The van der Waals surface area contributed by atoms with Gasteiger partial charge in [0.1, 0.15) is 11.7 Å². The van der Waals surface area contributed by atoms with E-state index in [4.69, 9.17) is 9.47 Å². The normalized spacial score (nSPS) is 15.9. The summed E-state index contributed by atoms with van der Waals surface area (Å²) in [5.74, 6) is -0.851. The second-order valence-corrected chi connectivity index (χ2v) is 4.67. The zero-order valence-corrected chi connectivity index (χ0v) is 10.8. The van der Waals surface area contributed by atoms with Crippen molar-refractivity contribution in [3.8, 4) is 0 Å². The summed E-state index contributed by atoms with van der Waals surface area (Å²) in [5, 5.41) is -0.916. The SMILES string of the molecule is CCOC(=O)c1nc(C(F)(F)F)sc1N1CCOC1. The van der Waals surface area contributed by atoms with Gasteiger partial charge in [-0.25, -0.2) is 9.78 Å². The second-order valence-electron chi connectivity index (χ2n) is 3.69. The van der Waals surface area contributed by atoms with Crippen LogP contribution in [0.4, 0.5) is 18.2 Å². The third-order valence-corrected chi connectivity index (χ3v) is 3.52. The molecule has 2 heterocycles. The van der Waals surface area contributed by atoms with Gasteiger partial charge in [0.2, 0.25) is 5.01 Å². The number of halogens is 3. The summed E-state index contributed by atoms with van der Waals surface area (Å²) in [6, 6.07) is 0. The molecule has 0 aromatic carbocycles. The highest BCUT2D eigenvalue weighted by Crippen LogP contribution is 2.39. The molecule has 106 valence electrons. The Morgan fingerprint density at radius 3 is 2.84 bits per heavy atom. The lowest BCUT2D eigenvalue weighted by atomic mass is 10.4. The molecular weight excluding hydrogens is 285 g/mol. The fraction of sp³-hybridized carbons (Fsp3) is 0.600. The fourth-order valence-electron chi connectivity index (χ4n) is 1.55. The second kappa shape index (κ2) is 5.33. The van der Waals surface area contributed by atoms with Crippen molar-refractivity contribution in [2.75, 3.05) is 31.4 Å². The van der Waals surface area contributed by atoms with E-state index in [9.17, 15) is 18.0 Å². The highest BCUT2D eigenvalue weighted by atomic mass is 32.1. The van der Waals surface area contributed by atoms with Gasteiger partial charge in [-0.15, -0.1) is 0 Å². The Bertz CT molecular complexity index is 469.